The number of unbranched alkanes of at least 4 members (excludes halogenated alkanes) is 55. The van der Waals surface area contributed by atoms with E-state index in [9.17, 15) is 43.2 Å². The first-order valence-corrected chi connectivity index (χ1v) is 44.8. The van der Waals surface area contributed by atoms with Crippen molar-refractivity contribution in [3.8, 4) is 0 Å². The van der Waals surface area contributed by atoms with Crippen LogP contribution in [-0.4, -0.2) is 96.7 Å². The Morgan fingerprint density at radius 3 is 0.596 bits per heavy atom. The minimum atomic E-state index is -4.96. The zero-order chi connectivity index (χ0) is 72.5. The normalized spacial score (nSPS) is 13.8. The topological polar surface area (TPSA) is 237 Å². The van der Waals surface area contributed by atoms with Gasteiger partial charge < -0.3 is 33.8 Å². The van der Waals surface area contributed by atoms with Crippen molar-refractivity contribution in [2.24, 2.45) is 0 Å². The molecule has 17 nitrogen and oxygen atoms in total. The van der Waals surface area contributed by atoms with Crippen LogP contribution in [0.5, 0.6) is 0 Å². The summed E-state index contributed by atoms with van der Waals surface area (Å²) in [6.07, 6.45) is 66.8. The van der Waals surface area contributed by atoms with Crippen molar-refractivity contribution in [2.45, 2.75) is 451 Å². The lowest BCUT2D eigenvalue weighted by molar-refractivity contribution is -0.161. The molecule has 0 heterocycles. The van der Waals surface area contributed by atoms with Gasteiger partial charge in [-0.3, -0.25) is 37.3 Å². The van der Waals surface area contributed by atoms with Gasteiger partial charge in [-0.1, -0.05) is 381 Å². The molecule has 588 valence electrons. The number of esters is 4. The monoisotopic (exact) mass is 1450 g/mol. The largest absolute Gasteiger partial charge is 0.472 e. The maximum absolute atomic E-state index is 13.1. The molecule has 0 aliphatic rings. The quantitative estimate of drug-likeness (QED) is 0.0222. The fourth-order valence-electron chi connectivity index (χ4n) is 12.5. The van der Waals surface area contributed by atoms with E-state index in [4.69, 9.17) is 37.0 Å². The van der Waals surface area contributed by atoms with Gasteiger partial charge in [0.1, 0.15) is 19.3 Å². The maximum Gasteiger partial charge on any atom is 0.472 e. The van der Waals surface area contributed by atoms with Crippen LogP contribution in [0, 0.1) is 0 Å². The Bertz CT molecular complexity index is 1880. The van der Waals surface area contributed by atoms with Crippen molar-refractivity contribution < 1.29 is 80.2 Å². The fraction of sp³-hybridized carbons (Fsp3) is 0.950. The molecule has 0 rings (SSSR count). The minimum Gasteiger partial charge on any atom is -0.462 e. The molecule has 0 aromatic heterocycles. The summed E-state index contributed by atoms with van der Waals surface area (Å²) in [7, 11) is -9.91. The lowest BCUT2D eigenvalue weighted by Gasteiger charge is -2.21. The third-order valence-corrected chi connectivity index (χ3v) is 20.8. The number of hydrogen-bond acceptors (Lipinski definition) is 15. The van der Waals surface area contributed by atoms with Crippen molar-refractivity contribution in [3.05, 3.63) is 0 Å². The SMILES string of the molecule is CCCCCCCCCCCCCCCCCCCCCCCC(=O)O[C@H](COC(=O)CCCCCCCCCCCCCCCCCCCC)COP(=O)(O)OC[C@@H](O)COP(=O)(O)OC[C@@H](COC(=O)CCCCCCCCC)OC(=O)CCCCCCCCCCCCCCC. The highest BCUT2D eigenvalue weighted by atomic mass is 31.2. The number of aliphatic hydroxyl groups is 1. The van der Waals surface area contributed by atoms with Crippen molar-refractivity contribution in [3.63, 3.8) is 0 Å². The molecular weight excluding hydrogens is 1290 g/mol. The molecule has 0 aliphatic heterocycles. The van der Waals surface area contributed by atoms with Gasteiger partial charge in [0.25, 0.3) is 0 Å². The van der Waals surface area contributed by atoms with Crippen LogP contribution in [0.4, 0.5) is 0 Å². The second-order valence-corrected chi connectivity index (χ2v) is 31.7. The van der Waals surface area contributed by atoms with E-state index in [1.54, 1.807) is 0 Å². The number of ether oxygens (including phenoxy) is 4. The minimum absolute atomic E-state index is 0.108. The Morgan fingerprint density at radius 1 is 0.242 bits per heavy atom. The molecule has 2 unspecified atom stereocenters. The number of hydrogen-bond donors (Lipinski definition) is 3. The van der Waals surface area contributed by atoms with E-state index in [-0.39, 0.29) is 25.7 Å². The molecule has 5 atom stereocenters. The predicted octanol–water partition coefficient (Wildman–Crippen LogP) is 24.2. The lowest BCUT2D eigenvalue weighted by Crippen LogP contribution is -2.30. The highest BCUT2D eigenvalue weighted by Gasteiger charge is 2.30. The van der Waals surface area contributed by atoms with Crippen LogP contribution in [0.25, 0.3) is 0 Å². The van der Waals surface area contributed by atoms with E-state index >= 15 is 0 Å². The number of aliphatic hydroxyl groups excluding tert-OH is 1. The van der Waals surface area contributed by atoms with Gasteiger partial charge in [0.15, 0.2) is 12.2 Å². The first kappa shape index (κ1) is 97.1. The molecule has 0 aliphatic carbocycles. The van der Waals surface area contributed by atoms with E-state index in [2.05, 4.69) is 27.7 Å². The first-order valence-electron chi connectivity index (χ1n) is 41.8. The van der Waals surface area contributed by atoms with E-state index in [1.165, 1.54) is 250 Å². The van der Waals surface area contributed by atoms with Gasteiger partial charge in [-0.25, -0.2) is 9.13 Å². The highest BCUT2D eigenvalue weighted by molar-refractivity contribution is 7.47. The van der Waals surface area contributed by atoms with Crippen LogP contribution in [0.2, 0.25) is 0 Å². The van der Waals surface area contributed by atoms with Gasteiger partial charge in [-0.05, 0) is 25.7 Å². The van der Waals surface area contributed by atoms with Crippen molar-refractivity contribution >= 4 is 39.5 Å². The van der Waals surface area contributed by atoms with E-state index in [0.717, 1.165) is 103 Å². The summed E-state index contributed by atoms with van der Waals surface area (Å²) in [5.74, 6) is -2.11. The summed E-state index contributed by atoms with van der Waals surface area (Å²) in [6.45, 7) is 4.97. The third-order valence-electron chi connectivity index (χ3n) is 18.9. The average Bonchev–Trinajstić information content (AvgIpc) is 1.18. The second-order valence-electron chi connectivity index (χ2n) is 28.8. The van der Waals surface area contributed by atoms with Crippen molar-refractivity contribution in [1.82, 2.24) is 0 Å². The van der Waals surface area contributed by atoms with Gasteiger partial charge in [0.2, 0.25) is 0 Å². The first-order chi connectivity index (χ1) is 48.2. The van der Waals surface area contributed by atoms with Gasteiger partial charge in [-0.2, -0.15) is 0 Å². The maximum atomic E-state index is 13.1. The Labute approximate surface area is 607 Å². The molecule has 19 heteroatoms. The van der Waals surface area contributed by atoms with Crippen LogP contribution < -0.4 is 0 Å². The fourth-order valence-corrected chi connectivity index (χ4v) is 14.0. The molecule has 0 aromatic rings. The molecule has 3 N–H and O–H groups in total. The number of carbonyl (C=O) groups is 4. The molecule has 0 spiro atoms. The summed E-state index contributed by atoms with van der Waals surface area (Å²) < 4.78 is 68.5. The zero-order valence-corrected chi connectivity index (χ0v) is 66.3. The molecule has 0 radical (unpaired) electrons. The summed E-state index contributed by atoms with van der Waals surface area (Å²) in [4.78, 5) is 72.8. The van der Waals surface area contributed by atoms with E-state index in [1.807, 2.05) is 0 Å². The van der Waals surface area contributed by atoms with Gasteiger partial charge >= 0.3 is 39.5 Å². The summed E-state index contributed by atoms with van der Waals surface area (Å²) >= 11 is 0. The highest BCUT2D eigenvalue weighted by Crippen LogP contribution is 2.45. The van der Waals surface area contributed by atoms with Gasteiger partial charge in [0, 0.05) is 25.7 Å². The molecule has 0 saturated carbocycles. The van der Waals surface area contributed by atoms with Crippen LogP contribution >= 0.6 is 15.6 Å². The Morgan fingerprint density at radius 2 is 0.404 bits per heavy atom. The Hall–Kier alpha value is -1.94. The van der Waals surface area contributed by atoms with Crippen LogP contribution in [-0.2, 0) is 65.4 Å². The number of rotatable bonds is 81. The number of phosphoric ester groups is 2. The van der Waals surface area contributed by atoms with Crippen molar-refractivity contribution in [1.29, 1.82) is 0 Å². The molecule has 99 heavy (non-hydrogen) atoms. The number of carbonyl (C=O) groups excluding carboxylic acids is 4. The lowest BCUT2D eigenvalue weighted by atomic mass is 10.0. The Balaban J connectivity index is 5.16. The second kappa shape index (κ2) is 74.3. The summed E-state index contributed by atoms with van der Waals surface area (Å²) in [5, 5.41) is 10.6. The average molecular weight is 1450 g/mol. The number of phosphoric acid groups is 2. The zero-order valence-electron chi connectivity index (χ0n) is 64.5. The van der Waals surface area contributed by atoms with Gasteiger partial charge in [-0.15, -0.1) is 0 Å². The molecule has 0 amide bonds. The predicted molar refractivity (Wildman–Crippen MR) is 405 cm³/mol. The third kappa shape index (κ3) is 74.1. The van der Waals surface area contributed by atoms with Crippen LogP contribution in [0.15, 0.2) is 0 Å². The summed E-state index contributed by atoms with van der Waals surface area (Å²) in [5.41, 5.74) is 0. The molecule has 0 saturated heterocycles. The van der Waals surface area contributed by atoms with E-state index < -0.39 is 97.5 Å². The standard InChI is InChI=1S/C80H156O17P2/c1-5-9-13-17-21-24-27-30-32-34-36-37-38-40-42-45-48-51-55-59-63-67-80(85)97-76(71-91-78(83)65-61-57-53-49-46-44-41-39-35-33-31-28-25-22-18-14-10-6-2)73-95-99(88,89)93-69-74(81)68-92-98(86,87)94-72-75(70-90-77(82)64-60-56-52-20-16-12-8-4)96-79(84)66-62-58-54-50-47-43-29-26-23-19-15-11-7-3/h74-76,81H,5-73H2,1-4H3,(H,86,87)(H,88,89)/t74-,75+,76+/m0/s1. The van der Waals surface area contributed by atoms with Crippen LogP contribution in [0.3, 0.4) is 0 Å². The molecule has 0 fully saturated rings. The van der Waals surface area contributed by atoms with Crippen molar-refractivity contribution in [2.75, 3.05) is 39.6 Å². The van der Waals surface area contributed by atoms with E-state index in [0.29, 0.717) is 25.7 Å². The van der Waals surface area contributed by atoms with Gasteiger partial charge in [0.05, 0.1) is 26.4 Å². The smallest absolute Gasteiger partial charge is 0.462 e. The molecule has 0 aromatic carbocycles. The Kier molecular flexibility index (Phi) is 72.9. The molecular formula is C80H156O17P2. The molecule has 0 bridgehead atoms. The van der Waals surface area contributed by atoms with Crippen LogP contribution in [0.1, 0.15) is 432 Å². The summed E-state index contributed by atoms with van der Waals surface area (Å²) in [6, 6.07) is 0.